The van der Waals surface area contributed by atoms with Crippen LogP contribution in [-0.2, 0) is 0 Å². The van der Waals surface area contributed by atoms with Crippen molar-refractivity contribution in [2.24, 2.45) is 0 Å². The Morgan fingerprint density at radius 2 is 0.939 bits per heavy atom. The highest BCUT2D eigenvalue weighted by molar-refractivity contribution is 6.14. The molecule has 0 spiro atoms. The molecule has 0 saturated heterocycles. The molecule has 228 valence electrons. The third kappa shape index (κ3) is 4.63. The Morgan fingerprint density at radius 3 is 1.61 bits per heavy atom. The summed E-state index contributed by atoms with van der Waals surface area (Å²) in [6.45, 7) is 0. The standard InChI is InChI=1S/C44H26N4O/c1-3-10-29-24-32(18-16-27(29)8-1)41-46-42(33-19-17-28-9-2-4-11-30(28)25-33)48-43(47-41)34-20-21-35-31(26-34)12-7-14-36(35)37-22-23-45-44-40(37)38-13-5-6-15-39(38)49-44/h1-26H. The first-order chi connectivity index (χ1) is 24.2. The summed E-state index contributed by atoms with van der Waals surface area (Å²) in [6, 6.07) is 52.5. The van der Waals surface area contributed by atoms with Gasteiger partial charge < -0.3 is 4.42 Å². The summed E-state index contributed by atoms with van der Waals surface area (Å²) >= 11 is 0. The first-order valence-electron chi connectivity index (χ1n) is 16.3. The number of hydrogen-bond acceptors (Lipinski definition) is 5. The van der Waals surface area contributed by atoms with Gasteiger partial charge in [0.1, 0.15) is 5.58 Å². The highest BCUT2D eigenvalue weighted by Crippen LogP contribution is 2.39. The van der Waals surface area contributed by atoms with E-state index in [4.69, 9.17) is 19.4 Å². The number of aromatic nitrogens is 4. The maximum Gasteiger partial charge on any atom is 0.227 e. The van der Waals surface area contributed by atoms with Crippen molar-refractivity contribution < 1.29 is 4.42 Å². The van der Waals surface area contributed by atoms with Crippen LogP contribution in [0.1, 0.15) is 0 Å². The highest BCUT2D eigenvalue weighted by atomic mass is 16.3. The lowest BCUT2D eigenvalue weighted by atomic mass is 9.95. The maximum atomic E-state index is 6.11. The van der Waals surface area contributed by atoms with Crippen LogP contribution in [0, 0.1) is 0 Å². The van der Waals surface area contributed by atoms with Crippen LogP contribution in [0.25, 0.3) is 99.7 Å². The van der Waals surface area contributed by atoms with Crippen molar-refractivity contribution >= 4 is 54.4 Å². The molecule has 0 bridgehead atoms. The molecule has 0 saturated carbocycles. The SMILES string of the molecule is c1ccc2cc(-c3nc(-c4ccc5ccccc5c4)nc(-c4ccc5c(-c6ccnc7oc8ccccc8c67)cccc5c4)n3)ccc2c1. The third-order valence-corrected chi connectivity index (χ3v) is 9.36. The molecular formula is C44H26N4O. The molecule has 49 heavy (non-hydrogen) atoms. The van der Waals surface area contributed by atoms with Gasteiger partial charge in [0.25, 0.3) is 0 Å². The van der Waals surface area contributed by atoms with Gasteiger partial charge in [-0.3, -0.25) is 0 Å². The molecule has 5 heteroatoms. The molecule has 3 aromatic heterocycles. The molecule has 0 unspecified atom stereocenters. The predicted molar refractivity (Wildman–Crippen MR) is 199 cm³/mol. The van der Waals surface area contributed by atoms with Gasteiger partial charge in [0, 0.05) is 28.3 Å². The number of fused-ring (bicyclic) bond motifs is 6. The monoisotopic (exact) mass is 626 g/mol. The van der Waals surface area contributed by atoms with E-state index in [1.165, 1.54) is 10.8 Å². The molecule has 0 aliphatic carbocycles. The van der Waals surface area contributed by atoms with E-state index >= 15 is 0 Å². The fraction of sp³-hybridized carbons (Fsp3) is 0. The van der Waals surface area contributed by atoms with E-state index < -0.39 is 0 Å². The van der Waals surface area contributed by atoms with Gasteiger partial charge in [-0.1, -0.05) is 121 Å². The Hall–Kier alpha value is -6.72. The molecule has 0 fully saturated rings. The fourth-order valence-electron chi connectivity index (χ4n) is 6.95. The second-order valence-electron chi connectivity index (χ2n) is 12.3. The van der Waals surface area contributed by atoms with Crippen LogP contribution >= 0.6 is 0 Å². The Balaban J connectivity index is 1.15. The second-order valence-corrected chi connectivity index (χ2v) is 12.3. The van der Waals surface area contributed by atoms with Crippen LogP contribution in [0.3, 0.4) is 0 Å². The lowest BCUT2D eigenvalue weighted by molar-refractivity contribution is 0.654. The van der Waals surface area contributed by atoms with Crippen LogP contribution < -0.4 is 0 Å². The Kier molecular flexibility index (Phi) is 6.11. The topological polar surface area (TPSA) is 64.7 Å². The molecule has 10 aromatic rings. The van der Waals surface area contributed by atoms with Crippen molar-refractivity contribution in [2.75, 3.05) is 0 Å². The van der Waals surface area contributed by atoms with Crippen molar-refractivity contribution in [2.45, 2.75) is 0 Å². The number of furan rings is 1. The van der Waals surface area contributed by atoms with Gasteiger partial charge in [0.15, 0.2) is 17.5 Å². The lowest BCUT2D eigenvalue weighted by Gasteiger charge is -2.12. The number of hydrogen-bond donors (Lipinski definition) is 0. The predicted octanol–water partition coefficient (Wildman–Crippen LogP) is 11.3. The van der Waals surface area contributed by atoms with E-state index in [-0.39, 0.29) is 0 Å². The van der Waals surface area contributed by atoms with Gasteiger partial charge in [0.05, 0.1) is 5.39 Å². The van der Waals surface area contributed by atoms with Gasteiger partial charge >= 0.3 is 0 Å². The molecule has 0 atom stereocenters. The molecule has 3 heterocycles. The molecule has 10 rings (SSSR count). The second kappa shape index (κ2) is 10.9. The van der Waals surface area contributed by atoms with E-state index in [1.807, 2.05) is 24.4 Å². The van der Waals surface area contributed by atoms with Gasteiger partial charge in [-0.25, -0.2) is 19.9 Å². The highest BCUT2D eigenvalue weighted by Gasteiger charge is 2.17. The Bertz CT molecular complexity index is 2810. The average molecular weight is 627 g/mol. The normalized spacial score (nSPS) is 11.7. The number of pyridine rings is 1. The van der Waals surface area contributed by atoms with Crippen LogP contribution in [0.2, 0.25) is 0 Å². The fourth-order valence-corrected chi connectivity index (χ4v) is 6.95. The van der Waals surface area contributed by atoms with Crippen molar-refractivity contribution in [3.63, 3.8) is 0 Å². The number of para-hydroxylation sites is 1. The quantitative estimate of drug-likeness (QED) is 0.194. The molecule has 0 N–H and O–H groups in total. The maximum absolute atomic E-state index is 6.11. The van der Waals surface area contributed by atoms with Gasteiger partial charge in [-0.15, -0.1) is 0 Å². The molecule has 5 nitrogen and oxygen atoms in total. The summed E-state index contributed by atoms with van der Waals surface area (Å²) in [7, 11) is 0. The molecule has 0 aliphatic rings. The van der Waals surface area contributed by atoms with E-state index in [0.29, 0.717) is 23.2 Å². The van der Waals surface area contributed by atoms with Crippen molar-refractivity contribution in [1.82, 2.24) is 19.9 Å². The molecule has 0 amide bonds. The van der Waals surface area contributed by atoms with Crippen molar-refractivity contribution in [3.05, 3.63) is 158 Å². The minimum Gasteiger partial charge on any atom is -0.438 e. The van der Waals surface area contributed by atoms with Gasteiger partial charge in [-0.2, -0.15) is 0 Å². The minimum absolute atomic E-state index is 0.626. The smallest absolute Gasteiger partial charge is 0.227 e. The third-order valence-electron chi connectivity index (χ3n) is 9.36. The van der Waals surface area contributed by atoms with E-state index in [0.717, 1.165) is 65.7 Å². The Labute approximate surface area is 281 Å². The van der Waals surface area contributed by atoms with Gasteiger partial charge in [-0.05, 0) is 73.8 Å². The largest absolute Gasteiger partial charge is 0.438 e. The van der Waals surface area contributed by atoms with Crippen LogP contribution in [0.15, 0.2) is 162 Å². The summed E-state index contributed by atoms with van der Waals surface area (Å²) in [6.07, 6.45) is 1.82. The van der Waals surface area contributed by atoms with Crippen LogP contribution in [0.4, 0.5) is 0 Å². The minimum atomic E-state index is 0.626. The summed E-state index contributed by atoms with van der Waals surface area (Å²) in [5.74, 6) is 1.90. The zero-order valence-electron chi connectivity index (χ0n) is 26.2. The first-order valence-corrected chi connectivity index (χ1v) is 16.3. The number of nitrogens with zero attached hydrogens (tertiary/aromatic N) is 4. The average Bonchev–Trinajstić information content (AvgIpc) is 3.56. The number of rotatable bonds is 4. The van der Waals surface area contributed by atoms with Crippen LogP contribution in [-0.4, -0.2) is 19.9 Å². The zero-order valence-corrected chi connectivity index (χ0v) is 26.2. The molecule has 0 radical (unpaired) electrons. The van der Waals surface area contributed by atoms with Gasteiger partial charge in [0.2, 0.25) is 5.71 Å². The summed E-state index contributed by atoms with van der Waals surface area (Å²) in [5, 5.41) is 8.93. The van der Waals surface area contributed by atoms with E-state index in [2.05, 4.69) is 138 Å². The summed E-state index contributed by atoms with van der Waals surface area (Å²) < 4.78 is 6.11. The van der Waals surface area contributed by atoms with Crippen molar-refractivity contribution in [1.29, 1.82) is 0 Å². The molecule has 0 aliphatic heterocycles. The van der Waals surface area contributed by atoms with Crippen molar-refractivity contribution in [3.8, 4) is 45.3 Å². The number of benzene rings is 7. The molecule has 7 aromatic carbocycles. The zero-order chi connectivity index (χ0) is 32.3. The lowest BCUT2D eigenvalue weighted by Crippen LogP contribution is -2.00. The Morgan fingerprint density at radius 1 is 0.388 bits per heavy atom. The summed E-state index contributed by atoms with van der Waals surface area (Å²) in [4.78, 5) is 19.8. The first kappa shape index (κ1) is 27.4. The summed E-state index contributed by atoms with van der Waals surface area (Å²) in [5.41, 5.74) is 6.49. The van der Waals surface area contributed by atoms with E-state index in [9.17, 15) is 0 Å². The molecular weight excluding hydrogens is 601 g/mol. The van der Waals surface area contributed by atoms with Crippen LogP contribution in [0.5, 0.6) is 0 Å². The van der Waals surface area contributed by atoms with E-state index in [1.54, 1.807) is 0 Å².